The Morgan fingerprint density at radius 3 is 2.65 bits per heavy atom. The van der Waals surface area contributed by atoms with E-state index in [-0.39, 0.29) is 6.04 Å². The summed E-state index contributed by atoms with van der Waals surface area (Å²) in [7, 11) is 0. The molecule has 0 bridgehead atoms. The average molecular weight is 343 g/mol. The predicted octanol–water partition coefficient (Wildman–Crippen LogP) is 3.78. The van der Waals surface area contributed by atoms with Crippen molar-refractivity contribution in [3.05, 3.63) is 16.4 Å². The Kier molecular flexibility index (Phi) is 6.05. The van der Waals surface area contributed by atoms with E-state index in [1.54, 1.807) is 0 Å². The molecule has 5 heteroatoms. The van der Waals surface area contributed by atoms with Gasteiger partial charge in [0.15, 0.2) is 0 Å². The van der Waals surface area contributed by atoms with Gasteiger partial charge in [0.1, 0.15) is 0 Å². The first-order valence-electron chi connectivity index (χ1n) is 7.88. The lowest BCUT2D eigenvalue weighted by atomic mass is 9.77. The summed E-state index contributed by atoms with van der Waals surface area (Å²) in [5.41, 5.74) is 4.27. The van der Waals surface area contributed by atoms with Crippen molar-refractivity contribution in [3.8, 4) is 0 Å². The van der Waals surface area contributed by atoms with Crippen LogP contribution in [0.25, 0.3) is 0 Å². The van der Waals surface area contributed by atoms with E-state index in [0.717, 1.165) is 23.4 Å². The van der Waals surface area contributed by atoms with E-state index in [1.165, 1.54) is 37.8 Å². The first-order chi connectivity index (χ1) is 9.71. The van der Waals surface area contributed by atoms with E-state index < -0.39 is 0 Å². The third-order valence-corrected chi connectivity index (χ3v) is 5.29. The molecule has 0 amide bonds. The largest absolute Gasteiger partial charge is 0.271 e. The van der Waals surface area contributed by atoms with Crippen LogP contribution in [0.3, 0.4) is 0 Å². The van der Waals surface area contributed by atoms with Crippen LogP contribution >= 0.6 is 15.9 Å². The van der Waals surface area contributed by atoms with Crippen molar-refractivity contribution < 1.29 is 0 Å². The fourth-order valence-electron chi connectivity index (χ4n) is 3.44. The third kappa shape index (κ3) is 3.43. The number of nitrogens with one attached hydrogen (secondary N) is 1. The monoisotopic (exact) mass is 342 g/mol. The van der Waals surface area contributed by atoms with Gasteiger partial charge in [-0.2, -0.15) is 5.10 Å². The number of aryl methyl sites for hydroxylation is 1. The number of aromatic nitrogens is 2. The smallest absolute Gasteiger partial charge is 0.0712 e. The van der Waals surface area contributed by atoms with Crippen LogP contribution < -0.4 is 11.3 Å². The van der Waals surface area contributed by atoms with Crippen LogP contribution in [-0.2, 0) is 6.54 Å². The lowest BCUT2D eigenvalue weighted by Crippen LogP contribution is -2.37. The van der Waals surface area contributed by atoms with Crippen LogP contribution in [-0.4, -0.2) is 9.78 Å². The van der Waals surface area contributed by atoms with Gasteiger partial charge in [-0.1, -0.05) is 33.1 Å². The fraction of sp³-hybridized carbons (Fsp3) is 0.800. The molecule has 1 aromatic rings. The zero-order chi connectivity index (χ0) is 14.5. The molecule has 0 radical (unpaired) electrons. The van der Waals surface area contributed by atoms with Gasteiger partial charge in [-0.25, -0.2) is 0 Å². The van der Waals surface area contributed by atoms with Gasteiger partial charge in [0.05, 0.1) is 22.4 Å². The van der Waals surface area contributed by atoms with Crippen LogP contribution in [0, 0.1) is 11.8 Å². The molecule has 1 saturated carbocycles. The molecule has 0 aromatic carbocycles. The highest BCUT2D eigenvalue weighted by Gasteiger charge is 2.30. The second-order valence-electron chi connectivity index (χ2n) is 5.93. The van der Waals surface area contributed by atoms with Crippen LogP contribution in [0.15, 0.2) is 10.7 Å². The van der Waals surface area contributed by atoms with Crippen LogP contribution in [0.5, 0.6) is 0 Å². The Labute approximate surface area is 130 Å². The molecule has 1 aliphatic rings. The highest BCUT2D eigenvalue weighted by Crippen LogP contribution is 2.39. The summed E-state index contributed by atoms with van der Waals surface area (Å²) in [4.78, 5) is 0. The van der Waals surface area contributed by atoms with Gasteiger partial charge in [-0.15, -0.1) is 0 Å². The van der Waals surface area contributed by atoms with Gasteiger partial charge in [0.2, 0.25) is 0 Å². The van der Waals surface area contributed by atoms with Crippen molar-refractivity contribution in [2.75, 3.05) is 0 Å². The van der Waals surface area contributed by atoms with Crippen LogP contribution in [0.4, 0.5) is 0 Å². The van der Waals surface area contributed by atoms with Crippen molar-refractivity contribution in [1.29, 1.82) is 0 Å². The third-order valence-electron chi connectivity index (χ3n) is 4.68. The van der Waals surface area contributed by atoms with Crippen molar-refractivity contribution >= 4 is 15.9 Å². The Bertz CT molecular complexity index is 410. The van der Waals surface area contributed by atoms with Crippen LogP contribution in [0.2, 0.25) is 0 Å². The Hall–Kier alpha value is -0.390. The summed E-state index contributed by atoms with van der Waals surface area (Å²) < 4.78 is 3.17. The minimum absolute atomic E-state index is 0.205. The maximum Gasteiger partial charge on any atom is 0.0712 e. The number of rotatable bonds is 6. The molecule has 1 fully saturated rings. The van der Waals surface area contributed by atoms with E-state index in [4.69, 9.17) is 5.84 Å². The normalized spacial score (nSPS) is 24.8. The number of halogens is 1. The topological polar surface area (TPSA) is 55.9 Å². The predicted molar refractivity (Wildman–Crippen MR) is 86.0 cm³/mol. The number of nitrogens with zero attached hydrogens (tertiary/aromatic N) is 2. The molecule has 1 unspecified atom stereocenters. The number of nitrogens with two attached hydrogens (primary N) is 1. The molecule has 1 heterocycles. The molecular weight excluding hydrogens is 316 g/mol. The van der Waals surface area contributed by atoms with Crippen LogP contribution in [0.1, 0.15) is 64.1 Å². The number of hydrogen-bond donors (Lipinski definition) is 2. The second-order valence-corrected chi connectivity index (χ2v) is 6.79. The second kappa shape index (κ2) is 7.57. The van der Waals surface area contributed by atoms with Gasteiger partial charge in [0, 0.05) is 6.54 Å². The molecular formula is C15H27BrN4. The highest BCUT2D eigenvalue weighted by molar-refractivity contribution is 9.10. The molecule has 3 N–H and O–H groups in total. The van der Waals surface area contributed by atoms with E-state index in [2.05, 4.69) is 45.0 Å². The SMILES string of the molecule is CCCn1ncc(Br)c1C(NN)C1CCC(CC)CC1. The molecule has 20 heavy (non-hydrogen) atoms. The summed E-state index contributed by atoms with van der Waals surface area (Å²) in [5.74, 6) is 7.41. The fourth-order valence-corrected chi connectivity index (χ4v) is 3.98. The molecule has 1 aliphatic carbocycles. The quantitative estimate of drug-likeness (QED) is 0.611. The maximum absolute atomic E-state index is 5.88. The first-order valence-corrected chi connectivity index (χ1v) is 8.67. The van der Waals surface area contributed by atoms with E-state index >= 15 is 0 Å². The molecule has 1 aromatic heterocycles. The van der Waals surface area contributed by atoms with Crippen molar-refractivity contribution in [2.24, 2.45) is 17.7 Å². The van der Waals surface area contributed by atoms with Gasteiger partial charge in [-0.05, 0) is 47.0 Å². The zero-order valence-corrected chi connectivity index (χ0v) is 14.2. The summed E-state index contributed by atoms with van der Waals surface area (Å²) in [6.07, 6.45) is 9.48. The molecule has 0 aliphatic heterocycles. The summed E-state index contributed by atoms with van der Waals surface area (Å²) in [6.45, 7) is 5.43. The molecule has 4 nitrogen and oxygen atoms in total. The minimum Gasteiger partial charge on any atom is -0.271 e. The number of hydrogen-bond acceptors (Lipinski definition) is 3. The lowest BCUT2D eigenvalue weighted by Gasteiger charge is -2.33. The van der Waals surface area contributed by atoms with Crippen molar-refractivity contribution in [1.82, 2.24) is 15.2 Å². The standard InChI is InChI=1S/C15H27BrN4/c1-3-9-20-15(13(16)10-18-20)14(19-17)12-7-5-11(4-2)6-8-12/h10-12,14,19H,3-9,17H2,1-2H3. The maximum atomic E-state index is 5.88. The summed E-state index contributed by atoms with van der Waals surface area (Å²) in [5, 5.41) is 4.47. The summed E-state index contributed by atoms with van der Waals surface area (Å²) >= 11 is 3.64. The first kappa shape index (κ1) is 16.0. The molecule has 0 spiro atoms. The van der Waals surface area contributed by atoms with E-state index in [1.807, 2.05) is 6.20 Å². The Balaban J connectivity index is 2.14. The average Bonchev–Trinajstić information content (AvgIpc) is 2.83. The summed E-state index contributed by atoms with van der Waals surface area (Å²) in [6, 6.07) is 0.205. The van der Waals surface area contributed by atoms with E-state index in [0.29, 0.717) is 5.92 Å². The Morgan fingerprint density at radius 2 is 2.10 bits per heavy atom. The van der Waals surface area contributed by atoms with Gasteiger partial charge < -0.3 is 0 Å². The number of hydrazine groups is 1. The molecule has 1 atom stereocenters. The highest BCUT2D eigenvalue weighted by atomic mass is 79.9. The Morgan fingerprint density at radius 1 is 1.40 bits per heavy atom. The molecule has 2 rings (SSSR count). The lowest BCUT2D eigenvalue weighted by molar-refractivity contribution is 0.212. The van der Waals surface area contributed by atoms with Gasteiger partial charge in [0.25, 0.3) is 0 Å². The van der Waals surface area contributed by atoms with Crippen molar-refractivity contribution in [2.45, 2.75) is 65.0 Å². The van der Waals surface area contributed by atoms with E-state index in [9.17, 15) is 0 Å². The van der Waals surface area contributed by atoms with Gasteiger partial charge in [-0.3, -0.25) is 16.0 Å². The van der Waals surface area contributed by atoms with Crippen molar-refractivity contribution in [3.63, 3.8) is 0 Å². The zero-order valence-electron chi connectivity index (χ0n) is 12.6. The molecule has 114 valence electrons. The van der Waals surface area contributed by atoms with Gasteiger partial charge >= 0.3 is 0 Å². The molecule has 0 saturated heterocycles. The minimum atomic E-state index is 0.205.